The van der Waals surface area contributed by atoms with Crippen molar-refractivity contribution in [1.82, 2.24) is 0 Å². The number of rotatable bonds is 14. The van der Waals surface area contributed by atoms with Crippen molar-refractivity contribution in [3.05, 3.63) is 161 Å². The molecule has 3 heteroatoms. The Morgan fingerprint density at radius 3 is 1.43 bits per heavy atom. The normalized spacial score (nSPS) is 11.9. The van der Waals surface area contributed by atoms with Gasteiger partial charge in [-0.25, -0.2) is 4.70 Å². The molecule has 0 spiro atoms. The van der Waals surface area contributed by atoms with E-state index in [1.54, 1.807) is 0 Å². The fourth-order valence-electron chi connectivity index (χ4n) is 5.31. The van der Waals surface area contributed by atoms with Crippen molar-refractivity contribution in [1.29, 1.82) is 0 Å². The summed E-state index contributed by atoms with van der Waals surface area (Å²) in [5, 5.41) is 0. The number of nitrogens with zero attached hydrogens (tertiary/aromatic N) is 2. The fourth-order valence-corrected chi connectivity index (χ4v) is 5.31. The second-order valence-electron chi connectivity index (χ2n) is 11.6. The van der Waals surface area contributed by atoms with Gasteiger partial charge in [0.1, 0.15) is 0 Å². The van der Waals surface area contributed by atoms with Crippen LogP contribution < -0.4 is 0 Å². The monoisotopic (exact) mass is 654 g/mol. The van der Waals surface area contributed by atoms with E-state index >= 15 is 0 Å². The summed E-state index contributed by atoms with van der Waals surface area (Å²) in [6.07, 6.45) is 16.6. The smallest absolute Gasteiger partial charge is 0.493 e. The van der Waals surface area contributed by atoms with E-state index in [-0.39, 0.29) is 16.5 Å². The minimum atomic E-state index is 0. The first-order valence-electron chi connectivity index (χ1n) is 17.1. The van der Waals surface area contributed by atoms with Gasteiger partial charge in [0.25, 0.3) is 0 Å². The first kappa shape index (κ1) is 38.6. The Bertz CT molecular complexity index is 1320. The molecule has 1 aliphatic heterocycles. The molecule has 4 aromatic carbocycles. The van der Waals surface area contributed by atoms with Gasteiger partial charge in [0, 0.05) is 22.8 Å². The van der Waals surface area contributed by atoms with Gasteiger partial charge >= 0.3 is 16.5 Å². The van der Waals surface area contributed by atoms with E-state index in [9.17, 15) is 5.53 Å². The quantitative estimate of drug-likeness (QED) is 0.0559. The van der Waals surface area contributed by atoms with Gasteiger partial charge in [0.15, 0.2) is 0 Å². The van der Waals surface area contributed by atoms with E-state index in [0.717, 1.165) is 48.2 Å². The molecule has 0 unspecified atom stereocenters. The van der Waals surface area contributed by atoms with Gasteiger partial charge in [-0.3, -0.25) is 0 Å². The first-order valence-corrected chi connectivity index (χ1v) is 17.1. The van der Waals surface area contributed by atoms with Crippen LogP contribution in [0.5, 0.6) is 0 Å². The second kappa shape index (κ2) is 23.7. The molecule has 0 atom stereocenters. The van der Waals surface area contributed by atoms with E-state index in [2.05, 4.69) is 87.5 Å². The molecule has 0 N–H and O–H groups in total. The maximum atomic E-state index is 11.3. The van der Waals surface area contributed by atoms with Crippen LogP contribution in [0, 0.1) is 12.1 Å². The largest absolute Gasteiger partial charge is 2.00 e. The van der Waals surface area contributed by atoms with E-state index in [4.69, 9.17) is 0 Å². The average molecular weight is 656 g/mol. The topological polar surface area (TPSA) is 25.3 Å². The Kier molecular flexibility index (Phi) is 19.9. The summed E-state index contributed by atoms with van der Waals surface area (Å²) < 4.78 is 1.43. The predicted molar refractivity (Wildman–Crippen MR) is 193 cm³/mol. The van der Waals surface area contributed by atoms with E-state index in [1.165, 1.54) is 72.8 Å². The molecule has 1 heterocycles. The minimum Gasteiger partial charge on any atom is -0.493 e. The zero-order valence-corrected chi connectivity index (χ0v) is 29.2. The summed E-state index contributed by atoms with van der Waals surface area (Å²) in [4.78, 5) is 0. The van der Waals surface area contributed by atoms with Crippen LogP contribution in [-0.4, -0.2) is 4.70 Å². The summed E-state index contributed by atoms with van der Waals surface area (Å²) in [6.45, 7) is 6.73. The molecule has 4 aromatic rings. The van der Waals surface area contributed by atoms with Crippen molar-refractivity contribution in [3.63, 3.8) is 0 Å². The van der Waals surface area contributed by atoms with Gasteiger partial charge in [-0.2, -0.15) is 72.8 Å². The van der Waals surface area contributed by atoms with Crippen LogP contribution >= 0.6 is 0 Å². The molecule has 0 aliphatic carbocycles. The predicted octanol–water partition coefficient (Wildman–Crippen LogP) is 12.5. The molecule has 2 nitrogen and oxygen atoms in total. The average Bonchev–Trinajstić information content (AvgIpc) is 3.44. The number of benzene rings is 4. The number of hydrogen-bond acceptors (Lipinski definition) is 0. The van der Waals surface area contributed by atoms with Crippen LogP contribution in [0.25, 0.3) is 16.9 Å². The third-order valence-electron chi connectivity index (χ3n) is 7.93. The van der Waals surface area contributed by atoms with Crippen molar-refractivity contribution >= 4 is 11.4 Å². The van der Waals surface area contributed by atoms with Crippen LogP contribution in [0.2, 0.25) is 0 Å². The SMILES string of the molecule is CCCCCCC1=C(c2ccc(CCCCC)cc2)[N+](=[N-])C(c2ccc(CCCC)cc2)=C1.[Ni+2].[c-]1ccccc1.[c-]1ccccc1. The van der Waals surface area contributed by atoms with Crippen molar-refractivity contribution in [2.75, 3.05) is 0 Å². The number of hydrogen-bond donors (Lipinski definition) is 0. The Morgan fingerprint density at radius 2 is 0.978 bits per heavy atom. The summed E-state index contributed by atoms with van der Waals surface area (Å²) in [7, 11) is 0. The van der Waals surface area contributed by atoms with Gasteiger partial charge in [0.2, 0.25) is 11.4 Å². The molecule has 1 aliphatic rings. The van der Waals surface area contributed by atoms with E-state index in [0.29, 0.717) is 0 Å². The molecular weight excluding hydrogens is 603 g/mol. The van der Waals surface area contributed by atoms with Gasteiger partial charge in [-0.1, -0.05) is 83.6 Å². The maximum absolute atomic E-state index is 11.3. The van der Waals surface area contributed by atoms with Gasteiger partial charge < -0.3 is 5.53 Å². The molecular formula is C43H52N2Ni. The van der Waals surface area contributed by atoms with Crippen LogP contribution in [0.1, 0.15) is 107 Å². The molecule has 46 heavy (non-hydrogen) atoms. The number of unbranched alkanes of at least 4 members (excludes halogenated alkanes) is 6. The molecule has 5 rings (SSSR count). The standard InChI is InChI=1S/C31H42N2.2C6H5.Ni/c1-4-7-10-12-15-29-24-30(27-20-16-25(17-21-27)13-9-6-3)33(32)31(29)28-22-18-26(19-23-28)14-11-8-5-2;2*1-2-4-6-5-3-1;/h16-24H,4-15H2,1-3H3;2*1-5H;/q;2*-1;+2. The first-order chi connectivity index (χ1) is 22.2. The van der Waals surface area contributed by atoms with Crippen LogP contribution in [0.3, 0.4) is 0 Å². The molecule has 0 saturated carbocycles. The Balaban J connectivity index is 0.000000469. The van der Waals surface area contributed by atoms with Gasteiger partial charge in [-0.05, 0) is 73.9 Å². The molecule has 244 valence electrons. The second-order valence-corrected chi connectivity index (χ2v) is 11.6. The fraction of sp³-hybridized carbons (Fsp3) is 0.349. The Hall–Kier alpha value is -3.55. The summed E-state index contributed by atoms with van der Waals surface area (Å²) >= 11 is 0. The van der Waals surface area contributed by atoms with Crippen LogP contribution in [0.15, 0.2) is 121 Å². The Morgan fingerprint density at radius 1 is 0.522 bits per heavy atom. The van der Waals surface area contributed by atoms with Crippen molar-refractivity contribution < 1.29 is 21.2 Å². The number of allylic oxidation sites excluding steroid dienone is 2. The third kappa shape index (κ3) is 13.8. The summed E-state index contributed by atoms with van der Waals surface area (Å²) in [5.74, 6) is 0. The zero-order chi connectivity index (χ0) is 32.0. The zero-order valence-electron chi connectivity index (χ0n) is 28.2. The molecule has 0 aromatic heterocycles. The number of aryl methyl sites for hydroxylation is 2. The molecule has 0 saturated heterocycles. The Labute approximate surface area is 290 Å². The minimum absolute atomic E-state index is 0. The summed E-state index contributed by atoms with van der Waals surface area (Å²) in [5.41, 5.74) is 19.3. The van der Waals surface area contributed by atoms with Gasteiger partial charge in [0.05, 0.1) is 0 Å². The van der Waals surface area contributed by atoms with Crippen molar-refractivity contribution in [2.45, 2.75) is 97.8 Å². The van der Waals surface area contributed by atoms with Crippen molar-refractivity contribution in [3.8, 4) is 0 Å². The van der Waals surface area contributed by atoms with Crippen LogP contribution in [-0.2, 0) is 29.3 Å². The van der Waals surface area contributed by atoms with Crippen molar-refractivity contribution in [2.24, 2.45) is 0 Å². The van der Waals surface area contributed by atoms with E-state index in [1.807, 2.05) is 60.7 Å². The molecule has 0 bridgehead atoms. The molecule has 0 fully saturated rings. The van der Waals surface area contributed by atoms with Crippen LogP contribution in [0.4, 0.5) is 0 Å². The third-order valence-corrected chi connectivity index (χ3v) is 7.93. The maximum Gasteiger partial charge on any atom is 2.00 e. The summed E-state index contributed by atoms with van der Waals surface area (Å²) in [6, 6.07) is 42.6. The van der Waals surface area contributed by atoms with Gasteiger partial charge in [-0.15, -0.1) is 0 Å². The van der Waals surface area contributed by atoms with E-state index < -0.39 is 0 Å². The molecule has 0 amide bonds. The molecule has 0 radical (unpaired) electrons.